The van der Waals surface area contributed by atoms with E-state index in [1.807, 2.05) is 60.7 Å². The van der Waals surface area contributed by atoms with E-state index in [4.69, 9.17) is 15.0 Å². The first-order valence-corrected chi connectivity index (χ1v) is 19.2. The highest BCUT2D eigenvalue weighted by atomic mass is 15.0. The number of nitrogens with zero attached hydrogens (tertiary/aromatic N) is 5. The molecule has 1 aliphatic carbocycles. The third-order valence-electron chi connectivity index (χ3n) is 11.0. The maximum Gasteiger partial charge on any atom is 0.164 e. The van der Waals surface area contributed by atoms with Crippen LogP contribution in [0.2, 0.25) is 0 Å². The second kappa shape index (κ2) is 13.2. The van der Waals surface area contributed by atoms with Crippen molar-refractivity contribution in [3.8, 4) is 56.7 Å². The predicted octanol–water partition coefficient (Wildman–Crippen LogP) is 12.5. The Bertz CT molecular complexity index is 3050. The van der Waals surface area contributed by atoms with Crippen LogP contribution < -0.4 is 0 Å². The Morgan fingerprint density at radius 3 is 1.50 bits per heavy atom. The van der Waals surface area contributed by atoms with Crippen molar-refractivity contribution in [3.63, 3.8) is 0 Å². The van der Waals surface area contributed by atoms with E-state index < -0.39 is 0 Å². The molecule has 56 heavy (non-hydrogen) atoms. The van der Waals surface area contributed by atoms with Crippen molar-refractivity contribution >= 4 is 38.8 Å². The van der Waals surface area contributed by atoms with Crippen LogP contribution in [0.3, 0.4) is 0 Å². The summed E-state index contributed by atoms with van der Waals surface area (Å²) in [6.07, 6.45) is 6.73. The van der Waals surface area contributed by atoms with Crippen molar-refractivity contribution in [3.05, 3.63) is 193 Å². The fraction of sp³-hybridized carbons (Fsp3) is 0.0392. The van der Waals surface area contributed by atoms with Crippen molar-refractivity contribution in [2.45, 2.75) is 12.8 Å². The topological polar surface area (TPSA) is 48.5 Å². The highest BCUT2D eigenvalue weighted by Crippen LogP contribution is 2.39. The Kier molecular flexibility index (Phi) is 7.56. The van der Waals surface area contributed by atoms with Gasteiger partial charge >= 0.3 is 0 Å². The Hall–Kier alpha value is -7.37. The zero-order chi connectivity index (χ0) is 37.0. The molecule has 0 aliphatic heterocycles. The molecular formula is C51H35N5. The summed E-state index contributed by atoms with van der Waals surface area (Å²) in [5, 5.41) is 3.75. The third kappa shape index (κ3) is 5.36. The highest BCUT2D eigenvalue weighted by Gasteiger charge is 2.20. The summed E-state index contributed by atoms with van der Waals surface area (Å²) in [7, 11) is 0. The van der Waals surface area contributed by atoms with Crippen molar-refractivity contribution in [1.29, 1.82) is 0 Å². The van der Waals surface area contributed by atoms with E-state index in [9.17, 15) is 0 Å². The van der Waals surface area contributed by atoms with Gasteiger partial charge in [-0.05, 0) is 90.7 Å². The van der Waals surface area contributed by atoms with E-state index in [-0.39, 0.29) is 0 Å². The SMILES string of the molecule is C1=Cc2c(n(-c3ccccc3)c3ccc(-c4ccc5c(c4)c4ccccc4n5-c4ccc(-c5nc(-c6ccccc6)nc(-c6ccccc6)n5)cc4)cc23)CC1. The number of aromatic nitrogens is 5. The smallest absolute Gasteiger partial charge is 0.164 e. The second-order valence-electron chi connectivity index (χ2n) is 14.4. The summed E-state index contributed by atoms with van der Waals surface area (Å²) in [4.78, 5) is 14.8. The van der Waals surface area contributed by atoms with Gasteiger partial charge in [-0.1, -0.05) is 121 Å². The second-order valence-corrected chi connectivity index (χ2v) is 14.4. The summed E-state index contributed by atoms with van der Waals surface area (Å²) >= 11 is 0. The van der Waals surface area contributed by atoms with Crippen LogP contribution >= 0.6 is 0 Å². The molecule has 1 aliphatic rings. The maximum atomic E-state index is 4.96. The first-order valence-electron chi connectivity index (χ1n) is 19.2. The minimum Gasteiger partial charge on any atom is -0.313 e. The monoisotopic (exact) mass is 717 g/mol. The quantitative estimate of drug-likeness (QED) is 0.172. The molecule has 11 rings (SSSR count). The van der Waals surface area contributed by atoms with Gasteiger partial charge < -0.3 is 9.13 Å². The fourth-order valence-electron chi connectivity index (χ4n) is 8.40. The van der Waals surface area contributed by atoms with Crippen LogP contribution in [0.5, 0.6) is 0 Å². The van der Waals surface area contributed by atoms with E-state index in [0.29, 0.717) is 17.5 Å². The van der Waals surface area contributed by atoms with Gasteiger partial charge in [0.15, 0.2) is 17.5 Å². The van der Waals surface area contributed by atoms with E-state index in [1.165, 1.54) is 55.3 Å². The van der Waals surface area contributed by atoms with Gasteiger partial charge in [-0.15, -0.1) is 0 Å². The molecule has 0 spiro atoms. The summed E-state index contributed by atoms with van der Waals surface area (Å²) in [5.74, 6) is 1.95. The minimum absolute atomic E-state index is 0.643. The van der Waals surface area contributed by atoms with E-state index in [2.05, 4.69) is 137 Å². The molecule has 0 bridgehead atoms. The summed E-state index contributed by atoms with van der Waals surface area (Å²) in [5.41, 5.74) is 13.9. The Labute approximate surface area is 324 Å². The average Bonchev–Trinajstić information content (AvgIpc) is 3.79. The summed E-state index contributed by atoms with van der Waals surface area (Å²) in [6.45, 7) is 0. The molecule has 0 saturated carbocycles. The largest absolute Gasteiger partial charge is 0.313 e. The summed E-state index contributed by atoms with van der Waals surface area (Å²) < 4.78 is 4.81. The van der Waals surface area contributed by atoms with Gasteiger partial charge in [-0.2, -0.15) is 0 Å². The van der Waals surface area contributed by atoms with E-state index in [0.717, 1.165) is 40.7 Å². The molecule has 264 valence electrons. The molecule has 3 heterocycles. The molecule has 0 fully saturated rings. The lowest BCUT2D eigenvalue weighted by atomic mass is 9.98. The van der Waals surface area contributed by atoms with Crippen LogP contribution in [-0.2, 0) is 6.42 Å². The standard InChI is InChI=1S/C51H35N5/c1-4-14-34(15-5-1)49-52-50(35-16-6-2-7-17-35)54-51(53-49)36-24-28-40(29-25-36)56-46-23-13-11-21-42(46)44-33-38(27-31-48(44)56)37-26-30-47-43(32-37)41-20-10-12-22-45(41)55(47)39-18-8-3-9-19-39/h1-11,13-21,23-33H,12,22H2. The van der Waals surface area contributed by atoms with Crippen LogP contribution in [0.1, 0.15) is 17.7 Å². The lowest BCUT2D eigenvalue weighted by Crippen LogP contribution is -2.02. The predicted molar refractivity (Wildman–Crippen MR) is 230 cm³/mol. The molecule has 0 amide bonds. The third-order valence-corrected chi connectivity index (χ3v) is 11.0. The Balaban J connectivity index is 1.00. The van der Waals surface area contributed by atoms with Crippen LogP contribution in [0, 0.1) is 0 Å². The number of rotatable bonds is 6. The fourth-order valence-corrected chi connectivity index (χ4v) is 8.40. The van der Waals surface area contributed by atoms with Crippen LogP contribution in [-0.4, -0.2) is 24.1 Å². The number of hydrogen-bond donors (Lipinski definition) is 0. The molecular weight excluding hydrogens is 683 g/mol. The molecule has 10 aromatic rings. The van der Waals surface area contributed by atoms with Crippen LogP contribution in [0.25, 0.3) is 95.5 Å². The van der Waals surface area contributed by atoms with Gasteiger partial charge in [0.05, 0.1) is 16.6 Å². The lowest BCUT2D eigenvalue weighted by Gasteiger charge is -2.13. The first kappa shape index (κ1) is 32.1. The van der Waals surface area contributed by atoms with Crippen molar-refractivity contribution in [2.75, 3.05) is 0 Å². The minimum atomic E-state index is 0.643. The van der Waals surface area contributed by atoms with Crippen molar-refractivity contribution in [2.24, 2.45) is 0 Å². The number of benzene rings is 7. The number of para-hydroxylation sites is 2. The van der Waals surface area contributed by atoms with Gasteiger partial charge in [-0.3, -0.25) is 0 Å². The maximum absolute atomic E-state index is 4.96. The van der Waals surface area contributed by atoms with Gasteiger partial charge in [0, 0.05) is 55.5 Å². The number of hydrogen-bond acceptors (Lipinski definition) is 3. The van der Waals surface area contributed by atoms with Gasteiger partial charge in [0.2, 0.25) is 0 Å². The lowest BCUT2D eigenvalue weighted by molar-refractivity contribution is 0.888. The normalized spacial score (nSPS) is 12.4. The Morgan fingerprint density at radius 1 is 0.375 bits per heavy atom. The molecule has 0 N–H and O–H groups in total. The van der Waals surface area contributed by atoms with E-state index >= 15 is 0 Å². The molecule has 3 aromatic heterocycles. The number of fused-ring (bicyclic) bond motifs is 6. The molecule has 0 atom stereocenters. The van der Waals surface area contributed by atoms with Crippen molar-refractivity contribution in [1.82, 2.24) is 24.1 Å². The van der Waals surface area contributed by atoms with Crippen molar-refractivity contribution < 1.29 is 0 Å². The Morgan fingerprint density at radius 2 is 0.857 bits per heavy atom. The summed E-state index contributed by atoms with van der Waals surface area (Å²) in [6, 6.07) is 62.1. The van der Waals surface area contributed by atoms with Gasteiger partial charge in [0.1, 0.15) is 0 Å². The molecule has 0 saturated heterocycles. The van der Waals surface area contributed by atoms with Gasteiger partial charge in [0.25, 0.3) is 0 Å². The molecule has 5 nitrogen and oxygen atoms in total. The van der Waals surface area contributed by atoms with Gasteiger partial charge in [-0.25, -0.2) is 15.0 Å². The zero-order valence-electron chi connectivity index (χ0n) is 30.5. The molecule has 7 aromatic carbocycles. The number of allylic oxidation sites excluding steroid dienone is 1. The molecule has 0 unspecified atom stereocenters. The average molecular weight is 718 g/mol. The van der Waals surface area contributed by atoms with Crippen LogP contribution in [0.15, 0.2) is 182 Å². The zero-order valence-corrected chi connectivity index (χ0v) is 30.5. The molecule has 0 radical (unpaired) electrons. The first-order chi connectivity index (χ1) is 27.8. The molecule has 5 heteroatoms. The van der Waals surface area contributed by atoms with E-state index in [1.54, 1.807) is 0 Å². The highest BCUT2D eigenvalue weighted by molar-refractivity contribution is 6.10. The van der Waals surface area contributed by atoms with Crippen LogP contribution in [0.4, 0.5) is 0 Å².